The largest absolute Gasteiger partial charge is 0.379 e. The summed E-state index contributed by atoms with van der Waals surface area (Å²) in [7, 11) is 0. The Kier molecular flexibility index (Phi) is 6.86. The third-order valence-corrected chi connectivity index (χ3v) is 2.61. The standard InChI is InChI=1S/C14H23NO2/c1-3-16-10-12(2)17-11-14-7-5-4-6-13(14)8-9-15/h4-7,12H,3,8-11,15H2,1-2H3. The van der Waals surface area contributed by atoms with Crippen molar-refractivity contribution >= 4 is 0 Å². The van der Waals surface area contributed by atoms with Crippen molar-refractivity contribution in [2.24, 2.45) is 5.73 Å². The van der Waals surface area contributed by atoms with Crippen LogP contribution in [0.4, 0.5) is 0 Å². The van der Waals surface area contributed by atoms with Gasteiger partial charge in [0.15, 0.2) is 0 Å². The highest BCUT2D eigenvalue weighted by Crippen LogP contribution is 2.11. The van der Waals surface area contributed by atoms with Crippen LogP contribution in [0, 0.1) is 0 Å². The van der Waals surface area contributed by atoms with Gasteiger partial charge in [0.1, 0.15) is 0 Å². The molecule has 17 heavy (non-hydrogen) atoms. The first-order valence-corrected chi connectivity index (χ1v) is 6.24. The number of hydrogen-bond donors (Lipinski definition) is 1. The maximum Gasteiger partial charge on any atom is 0.0785 e. The minimum absolute atomic E-state index is 0.126. The van der Waals surface area contributed by atoms with Gasteiger partial charge in [-0.25, -0.2) is 0 Å². The SMILES string of the molecule is CCOCC(C)OCc1ccccc1CCN. The van der Waals surface area contributed by atoms with Gasteiger partial charge in [-0.3, -0.25) is 0 Å². The van der Waals surface area contributed by atoms with Crippen molar-refractivity contribution in [1.82, 2.24) is 0 Å². The minimum atomic E-state index is 0.126. The molecule has 3 heteroatoms. The van der Waals surface area contributed by atoms with Crippen LogP contribution in [-0.4, -0.2) is 25.9 Å². The van der Waals surface area contributed by atoms with Gasteiger partial charge in [-0.05, 0) is 37.9 Å². The van der Waals surface area contributed by atoms with Gasteiger partial charge in [0, 0.05) is 6.61 Å². The molecule has 1 aromatic carbocycles. The zero-order valence-corrected chi connectivity index (χ0v) is 10.8. The van der Waals surface area contributed by atoms with E-state index in [2.05, 4.69) is 12.1 Å². The van der Waals surface area contributed by atoms with Crippen LogP contribution in [0.2, 0.25) is 0 Å². The first-order chi connectivity index (χ1) is 8.27. The van der Waals surface area contributed by atoms with Gasteiger partial charge >= 0.3 is 0 Å². The van der Waals surface area contributed by atoms with Crippen LogP contribution in [0.15, 0.2) is 24.3 Å². The van der Waals surface area contributed by atoms with Crippen LogP contribution >= 0.6 is 0 Å². The van der Waals surface area contributed by atoms with E-state index >= 15 is 0 Å². The second-order valence-electron chi connectivity index (χ2n) is 4.09. The summed E-state index contributed by atoms with van der Waals surface area (Å²) < 4.78 is 11.1. The molecule has 0 aliphatic carbocycles. The van der Waals surface area contributed by atoms with E-state index in [1.807, 2.05) is 26.0 Å². The van der Waals surface area contributed by atoms with Crippen molar-refractivity contribution in [1.29, 1.82) is 0 Å². The Bertz CT molecular complexity index is 315. The van der Waals surface area contributed by atoms with E-state index in [1.165, 1.54) is 11.1 Å². The molecule has 96 valence electrons. The normalized spacial score (nSPS) is 12.6. The molecule has 1 rings (SSSR count). The Balaban J connectivity index is 2.44. The van der Waals surface area contributed by atoms with Crippen molar-refractivity contribution in [3.05, 3.63) is 35.4 Å². The van der Waals surface area contributed by atoms with Crippen molar-refractivity contribution < 1.29 is 9.47 Å². The van der Waals surface area contributed by atoms with Crippen LogP contribution in [0.5, 0.6) is 0 Å². The lowest BCUT2D eigenvalue weighted by atomic mass is 10.1. The molecule has 0 heterocycles. The molecule has 0 aliphatic heterocycles. The molecule has 1 aromatic rings. The van der Waals surface area contributed by atoms with Crippen LogP contribution in [-0.2, 0) is 22.5 Å². The highest BCUT2D eigenvalue weighted by atomic mass is 16.5. The number of rotatable bonds is 8. The minimum Gasteiger partial charge on any atom is -0.379 e. The summed E-state index contributed by atoms with van der Waals surface area (Å²) in [5, 5.41) is 0. The second-order valence-corrected chi connectivity index (χ2v) is 4.09. The van der Waals surface area contributed by atoms with Gasteiger partial charge in [-0.15, -0.1) is 0 Å². The predicted molar refractivity (Wildman–Crippen MR) is 69.9 cm³/mol. The molecule has 0 saturated carbocycles. The van der Waals surface area contributed by atoms with E-state index in [0.717, 1.165) is 13.0 Å². The lowest BCUT2D eigenvalue weighted by Gasteiger charge is -2.14. The van der Waals surface area contributed by atoms with Gasteiger partial charge < -0.3 is 15.2 Å². The Morgan fingerprint density at radius 3 is 2.59 bits per heavy atom. The molecule has 3 nitrogen and oxygen atoms in total. The highest BCUT2D eigenvalue weighted by Gasteiger charge is 2.05. The van der Waals surface area contributed by atoms with Crippen LogP contribution in [0.3, 0.4) is 0 Å². The molecule has 0 spiro atoms. The Hall–Kier alpha value is -0.900. The quantitative estimate of drug-likeness (QED) is 0.753. The van der Waals surface area contributed by atoms with E-state index < -0.39 is 0 Å². The highest BCUT2D eigenvalue weighted by molar-refractivity contribution is 5.26. The summed E-state index contributed by atoms with van der Waals surface area (Å²) in [4.78, 5) is 0. The third-order valence-electron chi connectivity index (χ3n) is 2.61. The van der Waals surface area contributed by atoms with Gasteiger partial charge in [0.05, 0.1) is 19.3 Å². The molecule has 0 fully saturated rings. The van der Waals surface area contributed by atoms with Crippen molar-refractivity contribution in [3.63, 3.8) is 0 Å². The molecule has 2 N–H and O–H groups in total. The fourth-order valence-electron chi connectivity index (χ4n) is 1.66. The summed E-state index contributed by atoms with van der Waals surface area (Å²) in [5.74, 6) is 0. The van der Waals surface area contributed by atoms with Crippen molar-refractivity contribution in [2.75, 3.05) is 19.8 Å². The monoisotopic (exact) mass is 237 g/mol. The molecule has 0 aromatic heterocycles. The van der Waals surface area contributed by atoms with Gasteiger partial charge in [0.2, 0.25) is 0 Å². The molecule has 0 amide bonds. The maximum atomic E-state index is 5.75. The average molecular weight is 237 g/mol. The summed E-state index contributed by atoms with van der Waals surface area (Å²) in [6, 6.07) is 8.28. The van der Waals surface area contributed by atoms with E-state index in [0.29, 0.717) is 19.8 Å². The summed E-state index contributed by atoms with van der Waals surface area (Å²) in [6.45, 7) is 6.70. The van der Waals surface area contributed by atoms with Crippen molar-refractivity contribution in [2.45, 2.75) is 33.0 Å². The van der Waals surface area contributed by atoms with E-state index in [4.69, 9.17) is 15.2 Å². The van der Waals surface area contributed by atoms with Crippen LogP contribution in [0.1, 0.15) is 25.0 Å². The smallest absolute Gasteiger partial charge is 0.0785 e. The van der Waals surface area contributed by atoms with Crippen LogP contribution < -0.4 is 5.73 Å². The maximum absolute atomic E-state index is 5.75. The summed E-state index contributed by atoms with van der Waals surface area (Å²) in [6.07, 6.45) is 1.03. The van der Waals surface area contributed by atoms with Crippen LogP contribution in [0.25, 0.3) is 0 Å². The first kappa shape index (κ1) is 14.2. The molecule has 0 saturated heterocycles. The predicted octanol–water partition coefficient (Wildman–Crippen LogP) is 2.13. The molecule has 0 bridgehead atoms. The Labute approximate surface area is 104 Å². The third kappa shape index (κ3) is 5.31. The molecule has 1 atom stereocenters. The molecular weight excluding hydrogens is 214 g/mol. The number of ether oxygens (including phenoxy) is 2. The summed E-state index contributed by atoms with van der Waals surface area (Å²) in [5.41, 5.74) is 8.09. The number of hydrogen-bond acceptors (Lipinski definition) is 3. The summed E-state index contributed by atoms with van der Waals surface area (Å²) >= 11 is 0. The van der Waals surface area contributed by atoms with E-state index in [-0.39, 0.29) is 6.10 Å². The fourth-order valence-corrected chi connectivity index (χ4v) is 1.66. The van der Waals surface area contributed by atoms with E-state index in [1.54, 1.807) is 0 Å². The van der Waals surface area contributed by atoms with Crippen molar-refractivity contribution in [3.8, 4) is 0 Å². The van der Waals surface area contributed by atoms with Gasteiger partial charge in [-0.2, -0.15) is 0 Å². The first-order valence-electron chi connectivity index (χ1n) is 6.24. The zero-order chi connectivity index (χ0) is 12.5. The topological polar surface area (TPSA) is 44.5 Å². The lowest BCUT2D eigenvalue weighted by molar-refractivity contribution is -0.0118. The average Bonchev–Trinajstić information content (AvgIpc) is 2.35. The Morgan fingerprint density at radius 2 is 1.94 bits per heavy atom. The molecular formula is C14H23NO2. The zero-order valence-electron chi connectivity index (χ0n) is 10.8. The molecule has 0 aliphatic rings. The van der Waals surface area contributed by atoms with Gasteiger partial charge in [-0.1, -0.05) is 24.3 Å². The molecule has 1 unspecified atom stereocenters. The number of benzene rings is 1. The Morgan fingerprint density at radius 1 is 1.24 bits per heavy atom. The number of nitrogens with two attached hydrogens (primary N) is 1. The van der Waals surface area contributed by atoms with Gasteiger partial charge in [0.25, 0.3) is 0 Å². The lowest BCUT2D eigenvalue weighted by Crippen LogP contribution is -2.16. The molecule has 0 radical (unpaired) electrons. The second kappa shape index (κ2) is 8.23. The van der Waals surface area contributed by atoms with E-state index in [9.17, 15) is 0 Å². The fraction of sp³-hybridized carbons (Fsp3) is 0.571.